The summed E-state index contributed by atoms with van der Waals surface area (Å²) >= 11 is 0. The maximum atomic E-state index is 13.4. The Balaban J connectivity index is 2.00. The highest BCUT2D eigenvalue weighted by molar-refractivity contribution is 6.11. The average molecular weight is 393 g/mol. The second-order valence-electron chi connectivity index (χ2n) is 6.43. The molecule has 0 aliphatic heterocycles. The molecule has 29 heavy (non-hydrogen) atoms. The van der Waals surface area contributed by atoms with Crippen LogP contribution in [0.1, 0.15) is 28.9 Å². The van der Waals surface area contributed by atoms with E-state index in [4.69, 9.17) is 0 Å². The molecular formula is C22H20FN3O3. The standard InChI is InChI=1S/C22H20FN3O3/c1-2-25(15-16-10-12-24-13-11-16)22(29)20(26-14-4-3-5-19(26)27)21(28)17-6-8-18(23)9-7-17/h3-14,20H,2,15H2,1H3/t20-/m0/s1. The van der Waals surface area contributed by atoms with Gasteiger partial charge in [0, 0.05) is 43.3 Å². The number of rotatable bonds is 7. The van der Waals surface area contributed by atoms with E-state index in [1.54, 1.807) is 37.5 Å². The van der Waals surface area contributed by atoms with Crippen LogP contribution in [0.15, 0.2) is 78.0 Å². The molecule has 6 nitrogen and oxygen atoms in total. The van der Waals surface area contributed by atoms with Gasteiger partial charge in [-0.1, -0.05) is 6.07 Å². The monoisotopic (exact) mass is 393 g/mol. The Bertz CT molecular complexity index is 1050. The number of halogens is 1. The van der Waals surface area contributed by atoms with Crippen molar-refractivity contribution in [1.29, 1.82) is 0 Å². The fraction of sp³-hybridized carbons (Fsp3) is 0.182. The van der Waals surface area contributed by atoms with Crippen molar-refractivity contribution in [2.45, 2.75) is 19.5 Å². The second kappa shape index (κ2) is 9.05. The van der Waals surface area contributed by atoms with E-state index in [1.165, 1.54) is 35.4 Å². The van der Waals surface area contributed by atoms with Crippen LogP contribution in [-0.4, -0.2) is 32.7 Å². The van der Waals surface area contributed by atoms with Gasteiger partial charge in [0.1, 0.15) is 5.82 Å². The molecule has 3 aromatic rings. The van der Waals surface area contributed by atoms with Crippen molar-refractivity contribution in [2.75, 3.05) is 6.54 Å². The van der Waals surface area contributed by atoms with Gasteiger partial charge in [-0.2, -0.15) is 0 Å². The van der Waals surface area contributed by atoms with Crippen LogP contribution < -0.4 is 5.56 Å². The number of aromatic nitrogens is 2. The molecule has 1 aromatic carbocycles. The first kappa shape index (κ1) is 20.1. The van der Waals surface area contributed by atoms with Crippen LogP contribution >= 0.6 is 0 Å². The molecule has 0 spiro atoms. The fourth-order valence-corrected chi connectivity index (χ4v) is 3.01. The van der Waals surface area contributed by atoms with Crippen molar-refractivity contribution in [2.24, 2.45) is 0 Å². The third-order valence-electron chi connectivity index (χ3n) is 4.56. The minimum atomic E-state index is -1.38. The summed E-state index contributed by atoms with van der Waals surface area (Å²) in [5.41, 5.74) is 0.533. The van der Waals surface area contributed by atoms with E-state index in [9.17, 15) is 18.8 Å². The molecule has 0 bridgehead atoms. The first-order valence-corrected chi connectivity index (χ1v) is 9.16. The number of carbonyl (C=O) groups excluding carboxylic acids is 2. The zero-order valence-electron chi connectivity index (χ0n) is 15.9. The van der Waals surface area contributed by atoms with Gasteiger partial charge in [0.25, 0.3) is 11.5 Å². The number of Topliss-reactive ketones (excluding diaryl/α,β-unsaturated/α-hetero) is 1. The van der Waals surface area contributed by atoms with Gasteiger partial charge >= 0.3 is 0 Å². The van der Waals surface area contributed by atoms with Crippen LogP contribution in [0.4, 0.5) is 4.39 Å². The van der Waals surface area contributed by atoms with E-state index >= 15 is 0 Å². The molecule has 0 N–H and O–H groups in total. The number of likely N-dealkylation sites (N-methyl/N-ethyl adjacent to an activating group) is 1. The molecule has 1 amide bonds. The largest absolute Gasteiger partial charge is 0.336 e. The Morgan fingerprint density at radius 3 is 2.38 bits per heavy atom. The summed E-state index contributed by atoms with van der Waals surface area (Å²) in [5, 5.41) is 0. The molecule has 1 atom stereocenters. The van der Waals surface area contributed by atoms with Crippen molar-refractivity contribution in [3.63, 3.8) is 0 Å². The number of benzene rings is 1. The van der Waals surface area contributed by atoms with Gasteiger partial charge < -0.3 is 4.90 Å². The fourth-order valence-electron chi connectivity index (χ4n) is 3.01. The first-order chi connectivity index (χ1) is 14.0. The van der Waals surface area contributed by atoms with E-state index in [1.807, 2.05) is 0 Å². The lowest BCUT2D eigenvalue weighted by Gasteiger charge is -2.27. The number of hydrogen-bond donors (Lipinski definition) is 0. The number of amides is 1. The van der Waals surface area contributed by atoms with Crippen molar-refractivity contribution in [3.05, 3.63) is 100 Å². The van der Waals surface area contributed by atoms with E-state index in [2.05, 4.69) is 4.98 Å². The summed E-state index contributed by atoms with van der Waals surface area (Å²) < 4.78 is 14.4. The maximum absolute atomic E-state index is 13.4. The molecular weight excluding hydrogens is 373 g/mol. The summed E-state index contributed by atoms with van der Waals surface area (Å²) in [6.45, 7) is 2.41. The normalized spacial score (nSPS) is 11.7. The van der Waals surface area contributed by atoms with E-state index in [0.29, 0.717) is 6.54 Å². The Morgan fingerprint density at radius 2 is 1.76 bits per heavy atom. The second-order valence-corrected chi connectivity index (χ2v) is 6.43. The molecule has 0 fully saturated rings. The van der Waals surface area contributed by atoms with E-state index in [0.717, 1.165) is 22.3 Å². The summed E-state index contributed by atoms with van der Waals surface area (Å²) in [7, 11) is 0. The molecule has 0 saturated carbocycles. The van der Waals surface area contributed by atoms with Crippen LogP contribution in [0.3, 0.4) is 0 Å². The van der Waals surface area contributed by atoms with Gasteiger partial charge in [0.15, 0.2) is 11.8 Å². The minimum Gasteiger partial charge on any atom is -0.336 e. The molecule has 0 aliphatic rings. The van der Waals surface area contributed by atoms with Crippen LogP contribution in [0.5, 0.6) is 0 Å². The molecule has 148 valence electrons. The third kappa shape index (κ3) is 4.63. The van der Waals surface area contributed by atoms with Gasteiger partial charge in [-0.25, -0.2) is 4.39 Å². The lowest BCUT2D eigenvalue weighted by molar-refractivity contribution is -0.133. The van der Waals surface area contributed by atoms with Gasteiger partial charge in [0.05, 0.1) is 0 Å². The number of carbonyl (C=O) groups is 2. The SMILES string of the molecule is CCN(Cc1ccncc1)C(=O)[C@H](C(=O)c1ccc(F)cc1)n1ccccc1=O. The predicted molar refractivity (Wildman–Crippen MR) is 106 cm³/mol. The highest BCUT2D eigenvalue weighted by atomic mass is 19.1. The third-order valence-corrected chi connectivity index (χ3v) is 4.56. The number of ketones is 1. The molecule has 7 heteroatoms. The quantitative estimate of drug-likeness (QED) is 0.457. The molecule has 0 unspecified atom stereocenters. The van der Waals surface area contributed by atoms with Gasteiger partial charge in [-0.3, -0.25) is 23.9 Å². The minimum absolute atomic E-state index is 0.153. The molecule has 2 aromatic heterocycles. The summed E-state index contributed by atoms with van der Waals surface area (Å²) in [6, 6.07) is 11.5. The topological polar surface area (TPSA) is 72.3 Å². The molecule has 3 rings (SSSR count). The molecule has 0 radical (unpaired) electrons. The zero-order chi connectivity index (χ0) is 20.8. The molecule has 0 aliphatic carbocycles. The Labute approximate surface area is 167 Å². The highest BCUT2D eigenvalue weighted by Gasteiger charge is 2.33. The maximum Gasteiger partial charge on any atom is 0.254 e. The smallest absolute Gasteiger partial charge is 0.254 e. The van der Waals surface area contributed by atoms with Gasteiger partial charge in [0.2, 0.25) is 0 Å². The lowest BCUT2D eigenvalue weighted by atomic mass is 10.0. The van der Waals surface area contributed by atoms with E-state index in [-0.39, 0.29) is 12.1 Å². The van der Waals surface area contributed by atoms with Crippen molar-refractivity contribution in [3.8, 4) is 0 Å². The van der Waals surface area contributed by atoms with Crippen molar-refractivity contribution >= 4 is 11.7 Å². The van der Waals surface area contributed by atoms with Gasteiger partial charge in [-0.15, -0.1) is 0 Å². The highest BCUT2D eigenvalue weighted by Crippen LogP contribution is 2.18. The number of nitrogens with zero attached hydrogens (tertiary/aromatic N) is 3. The summed E-state index contributed by atoms with van der Waals surface area (Å²) in [4.78, 5) is 44.4. The summed E-state index contributed by atoms with van der Waals surface area (Å²) in [5.74, 6) is -1.57. The first-order valence-electron chi connectivity index (χ1n) is 9.16. The number of hydrogen-bond acceptors (Lipinski definition) is 4. The lowest BCUT2D eigenvalue weighted by Crippen LogP contribution is -2.43. The molecule has 0 saturated heterocycles. The van der Waals surface area contributed by atoms with Gasteiger partial charge in [-0.05, 0) is 55.0 Å². The average Bonchev–Trinajstić information content (AvgIpc) is 2.74. The Kier molecular flexibility index (Phi) is 6.29. The predicted octanol–water partition coefficient (Wildman–Crippen LogP) is 2.86. The van der Waals surface area contributed by atoms with Crippen LogP contribution in [0.25, 0.3) is 0 Å². The van der Waals surface area contributed by atoms with Crippen LogP contribution in [-0.2, 0) is 11.3 Å². The Hall–Kier alpha value is -3.61. The zero-order valence-corrected chi connectivity index (χ0v) is 15.9. The summed E-state index contributed by atoms with van der Waals surface area (Å²) in [6.07, 6.45) is 4.65. The van der Waals surface area contributed by atoms with Crippen LogP contribution in [0.2, 0.25) is 0 Å². The van der Waals surface area contributed by atoms with Crippen molar-refractivity contribution in [1.82, 2.24) is 14.5 Å². The number of pyridine rings is 2. The van der Waals surface area contributed by atoms with Crippen LogP contribution in [0, 0.1) is 5.82 Å². The van der Waals surface area contributed by atoms with E-state index < -0.39 is 29.1 Å². The molecule has 2 heterocycles. The van der Waals surface area contributed by atoms with Crippen molar-refractivity contribution < 1.29 is 14.0 Å². The Morgan fingerprint density at radius 1 is 1.07 bits per heavy atom.